The summed E-state index contributed by atoms with van der Waals surface area (Å²) in [5.41, 5.74) is 8.71. The van der Waals surface area contributed by atoms with Gasteiger partial charge in [0.2, 0.25) is 0 Å². The number of benzene rings is 1. The van der Waals surface area contributed by atoms with Gasteiger partial charge < -0.3 is 10.6 Å². The van der Waals surface area contributed by atoms with E-state index in [0.717, 1.165) is 43.4 Å². The van der Waals surface area contributed by atoms with Crippen LogP contribution in [0, 0.1) is 13.8 Å². The summed E-state index contributed by atoms with van der Waals surface area (Å²) >= 11 is 0. The second-order valence-corrected chi connectivity index (χ2v) is 5.54. The first-order chi connectivity index (χ1) is 9.13. The van der Waals surface area contributed by atoms with Gasteiger partial charge in [-0.25, -0.2) is 0 Å². The Morgan fingerprint density at radius 1 is 1.42 bits per heavy atom. The Morgan fingerprint density at radius 3 is 2.89 bits per heavy atom. The summed E-state index contributed by atoms with van der Waals surface area (Å²) in [5, 5.41) is 0. The molecule has 0 saturated carbocycles. The Hall–Kier alpha value is -1.35. The Kier molecular flexibility index (Phi) is 4.59. The van der Waals surface area contributed by atoms with E-state index < -0.39 is 0 Å². The van der Waals surface area contributed by atoms with E-state index in [1.165, 1.54) is 5.56 Å². The number of nitrogens with zero attached hydrogens (tertiary/aromatic N) is 1. The summed E-state index contributed by atoms with van der Waals surface area (Å²) in [6.07, 6.45) is 4.27. The number of nitrogens with two attached hydrogens (primary N) is 1. The van der Waals surface area contributed by atoms with Crippen molar-refractivity contribution < 1.29 is 4.79 Å². The molecule has 0 bridgehead atoms. The van der Waals surface area contributed by atoms with Crippen LogP contribution in [-0.4, -0.2) is 29.9 Å². The third kappa shape index (κ3) is 3.16. The van der Waals surface area contributed by atoms with Crippen LogP contribution >= 0.6 is 0 Å². The highest BCUT2D eigenvalue weighted by atomic mass is 16.2. The largest absolute Gasteiger partial charge is 0.336 e. The molecule has 1 atom stereocenters. The van der Waals surface area contributed by atoms with Crippen LogP contribution in [0.15, 0.2) is 18.2 Å². The van der Waals surface area contributed by atoms with Gasteiger partial charge in [0.1, 0.15) is 0 Å². The number of rotatable bonds is 4. The normalized spacial score (nSPS) is 18.9. The van der Waals surface area contributed by atoms with Gasteiger partial charge in [0.15, 0.2) is 0 Å². The third-order valence-corrected chi connectivity index (χ3v) is 3.99. The number of hydrogen-bond acceptors (Lipinski definition) is 2. The summed E-state index contributed by atoms with van der Waals surface area (Å²) in [4.78, 5) is 14.7. The third-order valence-electron chi connectivity index (χ3n) is 3.99. The first kappa shape index (κ1) is 14.1. The number of hydrogen-bond donors (Lipinski definition) is 1. The SMILES string of the molecule is Cc1ccc(C(=O)N2CCCC2CCCN)c(C)c1. The fraction of sp³-hybridized carbons (Fsp3) is 0.562. The number of amides is 1. The molecule has 1 aliphatic rings. The lowest BCUT2D eigenvalue weighted by Gasteiger charge is -2.25. The summed E-state index contributed by atoms with van der Waals surface area (Å²) < 4.78 is 0. The van der Waals surface area contributed by atoms with Crippen molar-refractivity contribution in [3.05, 3.63) is 34.9 Å². The molecule has 3 nitrogen and oxygen atoms in total. The molecule has 0 aliphatic carbocycles. The number of likely N-dealkylation sites (tertiary alicyclic amines) is 1. The van der Waals surface area contributed by atoms with Gasteiger partial charge in [0, 0.05) is 18.2 Å². The number of aryl methyl sites for hydroxylation is 2. The van der Waals surface area contributed by atoms with Crippen LogP contribution in [0.1, 0.15) is 47.2 Å². The highest BCUT2D eigenvalue weighted by Crippen LogP contribution is 2.24. The van der Waals surface area contributed by atoms with Gasteiger partial charge in [-0.1, -0.05) is 17.7 Å². The van der Waals surface area contributed by atoms with E-state index in [4.69, 9.17) is 5.73 Å². The number of carbonyl (C=O) groups is 1. The topological polar surface area (TPSA) is 46.3 Å². The highest BCUT2D eigenvalue weighted by Gasteiger charge is 2.29. The maximum absolute atomic E-state index is 12.6. The fourth-order valence-electron chi connectivity index (χ4n) is 2.96. The monoisotopic (exact) mass is 260 g/mol. The van der Waals surface area contributed by atoms with Gasteiger partial charge in [-0.3, -0.25) is 4.79 Å². The predicted octanol–water partition coefficient (Wildman–Crippen LogP) is 2.65. The lowest BCUT2D eigenvalue weighted by molar-refractivity contribution is 0.0729. The van der Waals surface area contributed by atoms with Crippen LogP contribution in [0.4, 0.5) is 0 Å². The molecule has 1 aliphatic heterocycles. The van der Waals surface area contributed by atoms with E-state index in [1.807, 2.05) is 24.0 Å². The van der Waals surface area contributed by atoms with Crippen molar-refractivity contribution >= 4 is 5.91 Å². The van der Waals surface area contributed by atoms with E-state index in [2.05, 4.69) is 13.0 Å². The Balaban J connectivity index is 2.13. The van der Waals surface area contributed by atoms with E-state index in [1.54, 1.807) is 0 Å². The van der Waals surface area contributed by atoms with Gasteiger partial charge in [0.25, 0.3) is 5.91 Å². The molecule has 2 rings (SSSR count). The maximum Gasteiger partial charge on any atom is 0.254 e. The molecular formula is C16H24N2O. The van der Waals surface area contributed by atoms with Gasteiger partial charge in [-0.15, -0.1) is 0 Å². The van der Waals surface area contributed by atoms with Crippen molar-refractivity contribution in [2.24, 2.45) is 5.73 Å². The average molecular weight is 260 g/mol. The van der Waals surface area contributed by atoms with E-state index >= 15 is 0 Å². The minimum atomic E-state index is 0.192. The van der Waals surface area contributed by atoms with Crippen molar-refractivity contribution in [2.45, 2.75) is 45.6 Å². The minimum Gasteiger partial charge on any atom is -0.336 e. The van der Waals surface area contributed by atoms with Crippen molar-refractivity contribution in [2.75, 3.05) is 13.1 Å². The van der Waals surface area contributed by atoms with Gasteiger partial charge >= 0.3 is 0 Å². The molecule has 104 valence electrons. The molecule has 0 radical (unpaired) electrons. The van der Waals surface area contributed by atoms with Crippen LogP contribution < -0.4 is 5.73 Å². The van der Waals surface area contributed by atoms with Gasteiger partial charge in [-0.2, -0.15) is 0 Å². The van der Waals surface area contributed by atoms with Crippen LogP contribution in [0.2, 0.25) is 0 Å². The Labute approximate surface area is 115 Å². The van der Waals surface area contributed by atoms with Crippen molar-refractivity contribution in [3.63, 3.8) is 0 Å². The Bertz CT molecular complexity index is 456. The van der Waals surface area contributed by atoms with E-state index in [0.29, 0.717) is 12.6 Å². The van der Waals surface area contributed by atoms with Gasteiger partial charge in [-0.05, 0) is 57.7 Å². The quantitative estimate of drug-likeness (QED) is 0.904. The van der Waals surface area contributed by atoms with E-state index in [-0.39, 0.29) is 5.91 Å². The molecular weight excluding hydrogens is 236 g/mol. The minimum absolute atomic E-state index is 0.192. The highest BCUT2D eigenvalue weighted by molar-refractivity contribution is 5.96. The van der Waals surface area contributed by atoms with E-state index in [9.17, 15) is 4.79 Å². The van der Waals surface area contributed by atoms with Crippen LogP contribution in [-0.2, 0) is 0 Å². The van der Waals surface area contributed by atoms with Crippen LogP contribution in [0.5, 0.6) is 0 Å². The predicted molar refractivity (Wildman–Crippen MR) is 78.3 cm³/mol. The summed E-state index contributed by atoms with van der Waals surface area (Å²) in [7, 11) is 0. The lowest BCUT2D eigenvalue weighted by Crippen LogP contribution is -2.36. The summed E-state index contributed by atoms with van der Waals surface area (Å²) in [5.74, 6) is 0.192. The zero-order valence-corrected chi connectivity index (χ0v) is 12.0. The smallest absolute Gasteiger partial charge is 0.254 e. The maximum atomic E-state index is 12.6. The second kappa shape index (κ2) is 6.20. The standard InChI is InChI=1S/C16H24N2O/c1-12-7-8-15(13(2)11-12)16(19)18-10-4-6-14(18)5-3-9-17/h7-8,11,14H,3-6,9-10,17H2,1-2H3. The summed E-state index contributed by atoms with van der Waals surface area (Å²) in [6, 6.07) is 6.45. The second-order valence-electron chi connectivity index (χ2n) is 5.54. The zero-order valence-electron chi connectivity index (χ0n) is 12.0. The van der Waals surface area contributed by atoms with Crippen molar-refractivity contribution in [3.8, 4) is 0 Å². The van der Waals surface area contributed by atoms with Crippen molar-refractivity contribution in [1.29, 1.82) is 0 Å². The van der Waals surface area contributed by atoms with Crippen LogP contribution in [0.3, 0.4) is 0 Å². The molecule has 1 amide bonds. The molecule has 1 unspecified atom stereocenters. The molecule has 2 N–H and O–H groups in total. The van der Waals surface area contributed by atoms with Gasteiger partial charge in [0.05, 0.1) is 0 Å². The average Bonchev–Trinajstić information content (AvgIpc) is 2.83. The molecule has 1 saturated heterocycles. The molecule has 0 aromatic heterocycles. The molecule has 1 fully saturated rings. The number of carbonyl (C=O) groups excluding carboxylic acids is 1. The lowest BCUT2D eigenvalue weighted by atomic mass is 10.0. The fourth-order valence-corrected chi connectivity index (χ4v) is 2.96. The molecule has 1 heterocycles. The zero-order chi connectivity index (χ0) is 13.8. The summed E-state index contributed by atoms with van der Waals surface area (Å²) in [6.45, 7) is 5.68. The first-order valence-corrected chi connectivity index (χ1v) is 7.21. The van der Waals surface area contributed by atoms with Crippen molar-refractivity contribution in [1.82, 2.24) is 4.90 Å². The molecule has 19 heavy (non-hydrogen) atoms. The van der Waals surface area contributed by atoms with Crippen LogP contribution in [0.25, 0.3) is 0 Å². The Morgan fingerprint density at radius 2 is 2.21 bits per heavy atom. The molecule has 1 aromatic rings. The first-order valence-electron chi connectivity index (χ1n) is 7.21. The molecule has 0 spiro atoms. The molecule has 3 heteroatoms. The molecule has 1 aromatic carbocycles.